The quantitative estimate of drug-likeness (QED) is 0.936. The second-order valence-electron chi connectivity index (χ2n) is 5.62. The largest absolute Gasteiger partial charge is 0.480 e. The Hall–Kier alpha value is -2.13. The summed E-state index contributed by atoms with van der Waals surface area (Å²) >= 11 is 0. The van der Waals surface area contributed by atoms with E-state index >= 15 is 0 Å². The van der Waals surface area contributed by atoms with Gasteiger partial charge >= 0.3 is 5.97 Å². The summed E-state index contributed by atoms with van der Waals surface area (Å²) in [7, 11) is 0. The van der Waals surface area contributed by atoms with Gasteiger partial charge in [0.25, 0.3) is 0 Å². The van der Waals surface area contributed by atoms with Crippen molar-refractivity contribution in [3.63, 3.8) is 0 Å². The highest BCUT2D eigenvalue weighted by molar-refractivity contribution is 5.77. The van der Waals surface area contributed by atoms with Gasteiger partial charge in [0.2, 0.25) is 0 Å². The Morgan fingerprint density at radius 1 is 1.05 bits per heavy atom. The van der Waals surface area contributed by atoms with Gasteiger partial charge in [-0.15, -0.1) is 0 Å². The van der Waals surface area contributed by atoms with E-state index in [-0.39, 0.29) is 12.0 Å². The molecule has 108 valence electrons. The smallest absolute Gasteiger partial charge is 0.321 e. The molecule has 1 aliphatic heterocycles. The van der Waals surface area contributed by atoms with E-state index in [1.807, 2.05) is 60.7 Å². The summed E-state index contributed by atoms with van der Waals surface area (Å²) in [4.78, 5) is 13.7. The lowest BCUT2D eigenvalue weighted by Gasteiger charge is -2.52. The van der Waals surface area contributed by atoms with Crippen LogP contribution in [-0.2, 0) is 11.3 Å². The molecule has 1 N–H and O–H groups in total. The molecule has 3 heteroatoms. The summed E-state index contributed by atoms with van der Waals surface area (Å²) < 4.78 is 0. The zero-order chi connectivity index (χ0) is 14.8. The molecule has 0 bridgehead atoms. The standard InChI is InChI=1S/C18H19NO2/c1-13-16(15-10-6-3-7-11-15)17(18(20)21)19(13)12-14-8-4-2-5-9-14/h2-11,13,16-17H,12H2,1H3,(H,20,21)/t13-,16+,17+/m0/s1. The summed E-state index contributed by atoms with van der Waals surface area (Å²) in [6.45, 7) is 2.79. The monoisotopic (exact) mass is 281 g/mol. The van der Waals surface area contributed by atoms with Crippen LogP contribution in [0, 0.1) is 0 Å². The number of carboxylic acids is 1. The summed E-state index contributed by atoms with van der Waals surface area (Å²) in [5, 5.41) is 9.59. The van der Waals surface area contributed by atoms with Crippen LogP contribution in [0.5, 0.6) is 0 Å². The van der Waals surface area contributed by atoms with Crippen molar-refractivity contribution in [1.82, 2.24) is 4.90 Å². The van der Waals surface area contributed by atoms with Crippen LogP contribution in [-0.4, -0.2) is 28.1 Å². The van der Waals surface area contributed by atoms with Crippen molar-refractivity contribution < 1.29 is 9.90 Å². The van der Waals surface area contributed by atoms with Crippen LogP contribution in [0.4, 0.5) is 0 Å². The molecule has 2 aromatic rings. The number of hydrogen-bond donors (Lipinski definition) is 1. The number of hydrogen-bond acceptors (Lipinski definition) is 2. The van der Waals surface area contributed by atoms with Crippen molar-refractivity contribution in [2.75, 3.05) is 0 Å². The third-order valence-electron chi connectivity index (χ3n) is 4.39. The van der Waals surface area contributed by atoms with E-state index in [1.165, 1.54) is 0 Å². The second-order valence-corrected chi connectivity index (χ2v) is 5.62. The van der Waals surface area contributed by atoms with Gasteiger partial charge in [0, 0.05) is 18.5 Å². The number of likely N-dealkylation sites (tertiary alicyclic amines) is 1. The van der Waals surface area contributed by atoms with Gasteiger partial charge in [0.1, 0.15) is 6.04 Å². The number of nitrogens with zero attached hydrogens (tertiary/aromatic N) is 1. The average molecular weight is 281 g/mol. The number of aliphatic carboxylic acids is 1. The predicted molar refractivity (Wildman–Crippen MR) is 82.1 cm³/mol. The fourth-order valence-corrected chi connectivity index (χ4v) is 3.30. The van der Waals surface area contributed by atoms with Crippen LogP contribution in [0.25, 0.3) is 0 Å². The topological polar surface area (TPSA) is 40.5 Å². The molecule has 3 atom stereocenters. The third-order valence-corrected chi connectivity index (χ3v) is 4.39. The molecule has 0 aliphatic carbocycles. The van der Waals surface area contributed by atoms with Crippen molar-refractivity contribution in [2.45, 2.75) is 31.5 Å². The van der Waals surface area contributed by atoms with Gasteiger partial charge in [0.05, 0.1) is 0 Å². The van der Waals surface area contributed by atoms with Crippen molar-refractivity contribution in [2.24, 2.45) is 0 Å². The highest BCUT2D eigenvalue weighted by Gasteiger charge is 2.50. The van der Waals surface area contributed by atoms with Crippen LogP contribution in [0.3, 0.4) is 0 Å². The van der Waals surface area contributed by atoms with Gasteiger partial charge in [-0.2, -0.15) is 0 Å². The number of carbonyl (C=O) groups is 1. The molecule has 3 rings (SSSR count). The van der Waals surface area contributed by atoms with Gasteiger partial charge in [-0.25, -0.2) is 0 Å². The summed E-state index contributed by atoms with van der Waals surface area (Å²) in [5.74, 6) is -0.676. The fourth-order valence-electron chi connectivity index (χ4n) is 3.30. The molecule has 21 heavy (non-hydrogen) atoms. The molecule has 0 amide bonds. The maximum atomic E-state index is 11.7. The van der Waals surface area contributed by atoms with Crippen molar-refractivity contribution in [3.05, 3.63) is 71.8 Å². The molecule has 1 heterocycles. The predicted octanol–water partition coefficient (Wildman–Crippen LogP) is 3.13. The van der Waals surface area contributed by atoms with Crippen LogP contribution >= 0.6 is 0 Å². The first-order valence-corrected chi connectivity index (χ1v) is 7.26. The second kappa shape index (κ2) is 5.70. The Morgan fingerprint density at radius 2 is 1.62 bits per heavy atom. The first kappa shape index (κ1) is 13.8. The molecule has 1 fully saturated rings. The first-order valence-electron chi connectivity index (χ1n) is 7.26. The van der Waals surface area contributed by atoms with Gasteiger partial charge < -0.3 is 5.11 Å². The number of carboxylic acid groups (broad SMARTS) is 1. The molecule has 3 nitrogen and oxygen atoms in total. The van der Waals surface area contributed by atoms with Crippen LogP contribution in [0.15, 0.2) is 60.7 Å². The SMILES string of the molecule is C[C@H]1[C@H](c2ccccc2)[C@H](C(=O)O)N1Cc1ccccc1. The summed E-state index contributed by atoms with van der Waals surface area (Å²) in [6, 6.07) is 19.8. The molecule has 0 spiro atoms. The molecule has 0 saturated carbocycles. The van der Waals surface area contributed by atoms with E-state index in [9.17, 15) is 9.90 Å². The Morgan fingerprint density at radius 3 is 2.19 bits per heavy atom. The number of rotatable bonds is 4. The van der Waals surface area contributed by atoms with Crippen LogP contribution in [0.2, 0.25) is 0 Å². The molecule has 0 radical (unpaired) electrons. The van der Waals surface area contributed by atoms with E-state index in [1.54, 1.807) is 0 Å². The van der Waals surface area contributed by atoms with E-state index < -0.39 is 12.0 Å². The molecule has 0 aromatic heterocycles. The molecule has 1 saturated heterocycles. The van der Waals surface area contributed by atoms with Gasteiger partial charge in [-0.3, -0.25) is 9.69 Å². The van der Waals surface area contributed by atoms with Crippen molar-refractivity contribution >= 4 is 5.97 Å². The Kier molecular flexibility index (Phi) is 3.76. The lowest BCUT2D eigenvalue weighted by atomic mass is 9.75. The van der Waals surface area contributed by atoms with Gasteiger partial charge in [-0.1, -0.05) is 60.7 Å². The molecule has 0 unspecified atom stereocenters. The van der Waals surface area contributed by atoms with E-state index in [4.69, 9.17) is 0 Å². The fraction of sp³-hybridized carbons (Fsp3) is 0.278. The third kappa shape index (κ3) is 2.57. The van der Waals surface area contributed by atoms with E-state index in [2.05, 4.69) is 11.8 Å². The van der Waals surface area contributed by atoms with Gasteiger partial charge in [0.15, 0.2) is 0 Å². The first-order chi connectivity index (χ1) is 10.2. The molecule has 1 aliphatic rings. The highest BCUT2D eigenvalue weighted by Crippen LogP contribution is 2.41. The number of benzene rings is 2. The van der Waals surface area contributed by atoms with Crippen LogP contribution < -0.4 is 0 Å². The maximum Gasteiger partial charge on any atom is 0.321 e. The van der Waals surface area contributed by atoms with Crippen molar-refractivity contribution in [3.8, 4) is 0 Å². The lowest BCUT2D eigenvalue weighted by molar-refractivity contribution is -0.155. The Balaban J connectivity index is 1.82. The summed E-state index contributed by atoms with van der Waals surface area (Å²) in [5.41, 5.74) is 2.27. The van der Waals surface area contributed by atoms with Gasteiger partial charge in [-0.05, 0) is 18.1 Å². The minimum Gasteiger partial charge on any atom is -0.480 e. The highest BCUT2D eigenvalue weighted by atomic mass is 16.4. The van der Waals surface area contributed by atoms with E-state index in [0.717, 1.165) is 11.1 Å². The Bertz CT molecular complexity index is 612. The average Bonchev–Trinajstić information content (AvgIpc) is 2.51. The van der Waals surface area contributed by atoms with E-state index in [0.29, 0.717) is 6.54 Å². The minimum absolute atomic E-state index is 0.0624. The minimum atomic E-state index is -0.738. The molecule has 2 aromatic carbocycles. The Labute approximate surface area is 124 Å². The maximum absolute atomic E-state index is 11.7. The zero-order valence-corrected chi connectivity index (χ0v) is 12.0. The van der Waals surface area contributed by atoms with Crippen molar-refractivity contribution in [1.29, 1.82) is 0 Å². The lowest BCUT2D eigenvalue weighted by Crippen LogP contribution is -2.63. The zero-order valence-electron chi connectivity index (χ0n) is 12.0. The molecular weight excluding hydrogens is 262 g/mol. The summed E-state index contributed by atoms with van der Waals surface area (Å²) in [6.07, 6.45) is 0. The molecular formula is C18H19NO2. The van der Waals surface area contributed by atoms with Crippen LogP contribution in [0.1, 0.15) is 24.0 Å². The normalized spacial score (nSPS) is 25.3.